The van der Waals surface area contributed by atoms with Crippen molar-refractivity contribution in [1.82, 2.24) is 9.80 Å². The van der Waals surface area contributed by atoms with Crippen LogP contribution in [-0.4, -0.2) is 53.8 Å². The third-order valence-corrected chi connectivity index (χ3v) is 4.07. The third-order valence-electron chi connectivity index (χ3n) is 4.07. The largest absolute Gasteiger partial charge is 0.466 e. The Hall–Kier alpha value is -1.53. The minimum absolute atomic E-state index is 0. The fourth-order valence-corrected chi connectivity index (χ4v) is 2.81. The number of halogens is 1. The van der Waals surface area contributed by atoms with E-state index in [9.17, 15) is 9.59 Å². The maximum Gasteiger partial charge on any atom is 0.257 e. The molecular formula is C16H26ClN3O3. The molecule has 0 saturated carbocycles. The first-order chi connectivity index (χ1) is 10.4. The second-order valence-corrected chi connectivity index (χ2v) is 5.84. The lowest BCUT2D eigenvalue weighted by Gasteiger charge is -2.35. The normalized spacial score (nSPS) is 16.0. The summed E-state index contributed by atoms with van der Waals surface area (Å²) >= 11 is 0. The number of piperazine rings is 1. The van der Waals surface area contributed by atoms with Crippen LogP contribution in [0.25, 0.3) is 0 Å². The van der Waals surface area contributed by atoms with Crippen LogP contribution in [0.1, 0.15) is 41.6 Å². The van der Waals surface area contributed by atoms with E-state index in [1.54, 1.807) is 22.8 Å². The standard InChI is InChI=1S/C16H25N3O3.ClH/c1-4-5-14(17)16(21)19-8-6-18(7-9-19)15(20)13-10-11(2)22-12(13)3;/h10,14H,4-9,17H2,1-3H3;1H. The molecule has 1 fully saturated rings. The van der Waals surface area contributed by atoms with Crippen molar-refractivity contribution >= 4 is 24.2 Å². The van der Waals surface area contributed by atoms with Gasteiger partial charge in [0.2, 0.25) is 5.91 Å². The topological polar surface area (TPSA) is 79.8 Å². The molecule has 2 rings (SSSR count). The highest BCUT2D eigenvalue weighted by atomic mass is 35.5. The SMILES string of the molecule is CCCC(N)C(=O)N1CCN(C(=O)c2cc(C)oc2C)CC1.Cl. The maximum atomic E-state index is 12.5. The smallest absolute Gasteiger partial charge is 0.257 e. The molecular weight excluding hydrogens is 318 g/mol. The lowest BCUT2D eigenvalue weighted by molar-refractivity contribution is -0.134. The lowest BCUT2D eigenvalue weighted by atomic mass is 10.1. The Morgan fingerprint density at radius 2 is 1.78 bits per heavy atom. The molecule has 1 aromatic heterocycles. The van der Waals surface area contributed by atoms with Gasteiger partial charge in [-0.15, -0.1) is 12.4 Å². The van der Waals surface area contributed by atoms with Crippen LogP contribution >= 0.6 is 12.4 Å². The number of nitrogens with zero attached hydrogens (tertiary/aromatic N) is 2. The van der Waals surface area contributed by atoms with E-state index in [4.69, 9.17) is 10.2 Å². The second-order valence-electron chi connectivity index (χ2n) is 5.84. The summed E-state index contributed by atoms with van der Waals surface area (Å²) in [6.07, 6.45) is 1.59. The molecule has 1 aromatic rings. The quantitative estimate of drug-likeness (QED) is 0.902. The second kappa shape index (κ2) is 8.36. The number of furan rings is 1. The van der Waals surface area contributed by atoms with Crippen molar-refractivity contribution in [3.8, 4) is 0 Å². The van der Waals surface area contributed by atoms with Gasteiger partial charge in [-0.2, -0.15) is 0 Å². The molecule has 1 atom stereocenters. The number of carbonyl (C=O) groups is 2. The molecule has 0 aromatic carbocycles. The summed E-state index contributed by atoms with van der Waals surface area (Å²) < 4.78 is 5.42. The van der Waals surface area contributed by atoms with Gasteiger partial charge in [-0.1, -0.05) is 13.3 Å². The van der Waals surface area contributed by atoms with Gasteiger partial charge in [0.1, 0.15) is 11.5 Å². The molecule has 1 unspecified atom stereocenters. The molecule has 0 bridgehead atoms. The van der Waals surface area contributed by atoms with Gasteiger partial charge in [0.05, 0.1) is 11.6 Å². The van der Waals surface area contributed by atoms with Crippen LogP contribution in [0, 0.1) is 13.8 Å². The first kappa shape index (κ1) is 19.5. The lowest BCUT2D eigenvalue weighted by Crippen LogP contribution is -2.54. The number of nitrogens with two attached hydrogens (primary N) is 1. The Morgan fingerprint density at radius 3 is 2.26 bits per heavy atom. The van der Waals surface area contributed by atoms with Crippen LogP contribution in [0.5, 0.6) is 0 Å². The highest BCUT2D eigenvalue weighted by Crippen LogP contribution is 2.17. The Bertz CT molecular complexity index is 551. The molecule has 0 radical (unpaired) electrons. The molecule has 2 heterocycles. The van der Waals surface area contributed by atoms with Gasteiger partial charge in [-0.05, 0) is 26.3 Å². The van der Waals surface area contributed by atoms with Gasteiger partial charge in [-0.3, -0.25) is 9.59 Å². The summed E-state index contributed by atoms with van der Waals surface area (Å²) in [5.74, 6) is 1.34. The van der Waals surface area contributed by atoms with Crippen molar-refractivity contribution < 1.29 is 14.0 Å². The average molecular weight is 344 g/mol. The zero-order valence-electron chi connectivity index (χ0n) is 14.0. The van der Waals surface area contributed by atoms with Gasteiger partial charge < -0.3 is 20.0 Å². The fraction of sp³-hybridized carbons (Fsp3) is 0.625. The summed E-state index contributed by atoms with van der Waals surface area (Å²) in [5.41, 5.74) is 6.49. The van der Waals surface area contributed by atoms with Crippen molar-refractivity contribution in [1.29, 1.82) is 0 Å². The molecule has 0 aliphatic carbocycles. The molecule has 0 spiro atoms. The Balaban J connectivity index is 0.00000264. The highest BCUT2D eigenvalue weighted by Gasteiger charge is 2.28. The van der Waals surface area contributed by atoms with Crippen LogP contribution in [-0.2, 0) is 4.79 Å². The molecule has 1 aliphatic heterocycles. The van der Waals surface area contributed by atoms with Crippen LogP contribution in [0.15, 0.2) is 10.5 Å². The number of rotatable bonds is 4. The average Bonchev–Trinajstić information content (AvgIpc) is 2.85. The zero-order valence-corrected chi connectivity index (χ0v) is 14.8. The van der Waals surface area contributed by atoms with Crippen molar-refractivity contribution in [2.75, 3.05) is 26.2 Å². The summed E-state index contributed by atoms with van der Waals surface area (Å²) in [7, 11) is 0. The van der Waals surface area contributed by atoms with E-state index in [1.807, 2.05) is 13.8 Å². The van der Waals surface area contributed by atoms with E-state index in [1.165, 1.54) is 0 Å². The summed E-state index contributed by atoms with van der Waals surface area (Å²) in [5, 5.41) is 0. The molecule has 130 valence electrons. The molecule has 7 heteroatoms. The highest BCUT2D eigenvalue weighted by molar-refractivity contribution is 5.95. The number of amides is 2. The predicted molar refractivity (Wildman–Crippen MR) is 90.8 cm³/mol. The minimum Gasteiger partial charge on any atom is -0.466 e. The molecule has 2 amide bonds. The Labute approximate surface area is 143 Å². The van der Waals surface area contributed by atoms with Crippen molar-refractivity contribution in [2.24, 2.45) is 5.73 Å². The number of hydrogen-bond acceptors (Lipinski definition) is 4. The van der Waals surface area contributed by atoms with Gasteiger partial charge in [0.15, 0.2) is 0 Å². The van der Waals surface area contributed by atoms with E-state index >= 15 is 0 Å². The maximum absolute atomic E-state index is 12.5. The zero-order chi connectivity index (χ0) is 16.3. The van der Waals surface area contributed by atoms with Gasteiger partial charge >= 0.3 is 0 Å². The predicted octanol–water partition coefficient (Wildman–Crippen LogP) is 1.73. The monoisotopic (exact) mass is 343 g/mol. The number of aryl methyl sites for hydroxylation is 2. The van der Waals surface area contributed by atoms with Crippen LogP contribution in [0.4, 0.5) is 0 Å². The minimum atomic E-state index is -0.425. The van der Waals surface area contributed by atoms with E-state index in [0.717, 1.165) is 12.2 Å². The van der Waals surface area contributed by atoms with Crippen LogP contribution in [0.2, 0.25) is 0 Å². The van der Waals surface area contributed by atoms with Crippen molar-refractivity contribution in [3.63, 3.8) is 0 Å². The van der Waals surface area contributed by atoms with Gasteiger partial charge in [0.25, 0.3) is 5.91 Å². The third kappa shape index (κ3) is 4.48. The molecule has 2 N–H and O–H groups in total. The van der Waals surface area contributed by atoms with E-state index in [-0.39, 0.29) is 24.2 Å². The molecule has 1 aliphatic rings. The molecule has 1 saturated heterocycles. The molecule has 6 nitrogen and oxygen atoms in total. The first-order valence-corrected chi connectivity index (χ1v) is 7.84. The number of hydrogen-bond donors (Lipinski definition) is 1. The van der Waals surface area contributed by atoms with E-state index in [2.05, 4.69) is 0 Å². The van der Waals surface area contributed by atoms with E-state index in [0.29, 0.717) is 43.9 Å². The van der Waals surface area contributed by atoms with E-state index < -0.39 is 6.04 Å². The van der Waals surface area contributed by atoms with Crippen molar-refractivity contribution in [2.45, 2.75) is 39.7 Å². The van der Waals surface area contributed by atoms with Gasteiger partial charge in [0, 0.05) is 26.2 Å². The Morgan fingerprint density at radius 1 is 1.22 bits per heavy atom. The van der Waals surface area contributed by atoms with Gasteiger partial charge in [-0.25, -0.2) is 0 Å². The number of carbonyl (C=O) groups excluding carboxylic acids is 2. The van der Waals surface area contributed by atoms with Crippen LogP contribution < -0.4 is 5.73 Å². The van der Waals surface area contributed by atoms with Crippen LogP contribution in [0.3, 0.4) is 0 Å². The molecule has 23 heavy (non-hydrogen) atoms. The summed E-state index contributed by atoms with van der Waals surface area (Å²) in [6, 6.07) is 1.35. The van der Waals surface area contributed by atoms with Crippen molar-refractivity contribution in [3.05, 3.63) is 23.2 Å². The first-order valence-electron chi connectivity index (χ1n) is 7.84. The summed E-state index contributed by atoms with van der Waals surface area (Å²) in [4.78, 5) is 28.2. The summed E-state index contributed by atoms with van der Waals surface area (Å²) in [6.45, 7) is 7.79. The fourth-order valence-electron chi connectivity index (χ4n) is 2.81. The Kier molecular flexibility index (Phi) is 7.09.